The fourth-order valence-corrected chi connectivity index (χ4v) is 1.54. The van der Waals surface area contributed by atoms with Crippen molar-refractivity contribution in [1.82, 2.24) is 5.43 Å². The average molecular weight is 188 g/mol. The molecule has 0 saturated carbocycles. The molecule has 3 heteroatoms. The molecule has 0 aromatic carbocycles. The van der Waals surface area contributed by atoms with Crippen LogP contribution >= 0.6 is 0 Å². The van der Waals surface area contributed by atoms with E-state index < -0.39 is 0 Å². The first-order chi connectivity index (χ1) is 6.19. The topological polar surface area (TPSA) is 47.3 Å². The average Bonchev–Trinajstić information content (AvgIpc) is 2.19. The van der Waals surface area contributed by atoms with Gasteiger partial charge in [0.2, 0.25) is 0 Å². The Morgan fingerprint density at radius 2 is 1.85 bits per heavy atom. The molecule has 0 heterocycles. The molecular formula is C10H24N2O. The van der Waals surface area contributed by atoms with Crippen molar-refractivity contribution in [2.75, 3.05) is 7.11 Å². The van der Waals surface area contributed by atoms with Crippen LogP contribution < -0.4 is 11.3 Å². The molecule has 0 bridgehead atoms. The van der Waals surface area contributed by atoms with E-state index in [-0.39, 0.29) is 12.1 Å². The van der Waals surface area contributed by atoms with Crippen LogP contribution in [-0.2, 0) is 4.74 Å². The van der Waals surface area contributed by atoms with Gasteiger partial charge in [-0.2, -0.15) is 0 Å². The fraction of sp³-hybridized carbons (Fsp3) is 1.00. The predicted octanol–water partition coefficient (Wildman–Crippen LogP) is 1.68. The SMILES string of the molecule is CCC(CC)CC(NN)C(C)OC. The smallest absolute Gasteiger partial charge is 0.0709 e. The summed E-state index contributed by atoms with van der Waals surface area (Å²) in [5.74, 6) is 6.23. The summed E-state index contributed by atoms with van der Waals surface area (Å²) in [5.41, 5.74) is 2.83. The summed E-state index contributed by atoms with van der Waals surface area (Å²) in [6.45, 7) is 6.49. The van der Waals surface area contributed by atoms with E-state index in [0.717, 1.165) is 12.3 Å². The van der Waals surface area contributed by atoms with E-state index in [4.69, 9.17) is 10.6 Å². The first kappa shape index (κ1) is 12.9. The van der Waals surface area contributed by atoms with E-state index in [9.17, 15) is 0 Å². The Balaban J connectivity index is 3.94. The molecule has 0 radical (unpaired) electrons. The molecule has 0 rings (SSSR count). The van der Waals surface area contributed by atoms with Crippen molar-refractivity contribution in [3.8, 4) is 0 Å². The molecule has 2 unspecified atom stereocenters. The second kappa shape index (κ2) is 7.30. The Hall–Kier alpha value is -0.120. The number of rotatable bonds is 7. The maximum Gasteiger partial charge on any atom is 0.0709 e. The van der Waals surface area contributed by atoms with Crippen LogP contribution in [0.25, 0.3) is 0 Å². The monoisotopic (exact) mass is 188 g/mol. The third-order valence-electron chi connectivity index (χ3n) is 2.89. The van der Waals surface area contributed by atoms with Crippen molar-refractivity contribution >= 4 is 0 Å². The molecule has 3 nitrogen and oxygen atoms in total. The van der Waals surface area contributed by atoms with Crippen LogP contribution in [0.3, 0.4) is 0 Å². The van der Waals surface area contributed by atoms with Crippen molar-refractivity contribution in [1.29, 1.82) is 0 Å². The fourth-order valence-electron chi connectivity index (χ4n) is 1.54. The molecule has 0 aromatic rings. The molecular weight excluding hydrogens is 164 g/mol. The number of hydrogen-bond acceptors (Lipinski definition) is 3. The minimum Gasteiger partial charge on any atom is -0.380 e. The highest BCUT2D eigenvalue weighted by atomic mass is 16.5. The van der Waals surface area contributed by atoms with E-state index in [1.165, 1.54) is 12.8 Å². The number of hydrazine groups is 1. The zero-order chi connectivity index (χ0) is 10.3. The van der Waals surface area contributed by atoms with E-state index in [0.29, 0.717) is 0 Å². The van der Waals surface area contributed by atoms with Crippen LogP contribution in [0, 0.1) is 5.92 Å². The zero-order valence-electron chi connectivity index (χ0n) is 9.34. The summed E-state index contributed by atoms with van der Waals surface area (Å²) in [5, 5.41) is 0. The highest BCUT2D eigenvalue weighted by molar-refractivity contribution is 4.74. The summed E-state index contributed by atoms with van der Waals surface area (Å²) >= 11 is 0. The highest BCUT2D eigenvalue weighted by Crippen LogP contribution is 2.17. The lowest BCUT2D eigenvalue weighted by atomic mass is 9.93. The third-order valence-corrected chi connectivity index (χ3v) is 2.89. The van der Waals surface area contributed by atoms with Gasteiger partial charge in [-0.25, -0.2) is 0 Å². The van der Waals surface area contributed by atoms with Crippen molar-refractivity contribution in [3.63, 3.8) is 0 Å². The molecule has 13 heavy (non-hydrogen) atoms. The van der Waals surface area contributed by atoms with E-state index in [2.05, 4.69) is 19.3 Å². The summed E-state index contributed by atoms with van der Waals surface area (Å²) in [6, 6.07) is 0.273. The Morgan fingerprint density at radius 3 is 2.15 bits per heavy atom. The molecule has 0 fully saturated rings. The van der Waals surface area contributed by atoms with Crippen LogP contribution in [0.1, 0.15) is 40.0 Å². The lowest BCUT2D eigenvalue weighted by Gasteiger charge is -2.25. The number of hydrogen-bond donors (Lipinski definition) is 2. The molecule has 0 aliphatic carbocycles. The third kappa shape index (κ3) is 4.60. The molecule has 0 amide bonds. The van der Waals surface area contributed by atoms with Gasteiger partial charge in [0.15, 0.2) is 0 Å². The number of nitrogens with one attached hydrogen (secondary N) is 1. The highest BCUT2D eigenvalue weighted by Gasteiger charge is 2.18. The van der Waals surface area contributed by atoms with Crippen molar-refractivity contribution in [2.45, 2.75) is 52.2 Å². The number of ether oxygens (including phenoxy) is 1. The van der Waals surface area contributed by atoms with E-state index in [1.54, 1.807) is 7.11 Å². The van der Waals surface area contributed by atoms with Crippen LogP contribution in [0.4, 0.5) is 0 Å². The maximum absolute atomic E-state index is 5.48. The van der Waals surface area contributed by atoms with Gasteiger partial charge in [-0.3, -0.25) is 11.3 Å². The molecule has 0 aromatic heterocycles. The van der Waals surface area contributed by atoms with Gasteiger partial charge in [-0.15, -0.1) is 0 Å². The quantitative estimate of drug-likeness (QED) is 0.472. The second-order valence-electron chi connectivity index (χ2n) is 3.63. The Morgan fingerprint density at radius 1 is 1.31 bits per heavy atom. The molecule has 80 valence electrons. The standard InChI is InChI=1S/C10H24N2O/c1-5-9(6-2)7-10(12-11)8(3)13-4/h8-10,12H,5-7,11H2,1-4H3. The minimum absolute atomic E-state index is 0.186. The Bertz CT molecular complexity index is 115. The largest absolute Gasteiger partial charge is 0.380 e. The lowest BCUT2D eigenvalue weighted by Crippen LogP contribution is -2.44. The summed E-state index contributed by atoms with van der Waals surface area (Å²) in [6.07, 6.45) is 3.71. The number of methoxy groups -OCH3 is 1. The normalized spacial score (nSPS) is 16.2. The Kier molecular flexibility index (Phi) is 7.23. The van der Waals surface area contributed by atoms with Crippen molar-refractivity contribution in [3.05, 3.63) is 0 Å². The van der Waals surface area contributed by atoms with Gasteiger partial charge in [0.25, 0.3) is 0 Å². The lowest BCUT2D eigenvalue weighted by molar-refractivity contribution is 0.0732. The molecule has 2 atom stereocenters. The molecule has 0 aliphatic heterocycles. The van der Waals surface area contributed by atoms with Gasteiger partial charge in [-0.1, -0.05) is 26.7 Å². The first-order valence-corrected chi connectivity index (χ1v) is 5.18. The van der Waals surface area contributed by atoms with Gasteiger partial charge in [-0.05, 0) is 19.3 Å². The molecule has 3 N–H and O–H groups in total. The van der Waals surface area contributed by atoms with Gasteiger partial charge in [0.1, 0.15) is 0 Å². The van der Waals surface area contributed by atoms with Crippen LogP contribution in [0.2, 0.25) is 0 Å². The van der Waals surface area contributed by atoms with Crippen molar-refractivity contribution in [2.24, 2.45) is 11.8 Å². The van der Waals surface area contributed by atoms with Gasteiger partial charge < -0.3 is 4.74 Å². The summed E-state index contributed by atoms with van der Waals surface area (Å²) in [4.78, 5) is 0. The van der Waals surface area contributed by atoms with E-state index >= 15 is 0 Å². The van der Waals surface area contributed by atoms with Gasteiger partial charge in [0, 0.05) is 13.2 Å². The van der Waals surface area contributed by atoms with Crippen LogP contribution in [-0.4, -0.2) is 19.3 Å². The minimum atomic E-state index is 0.186. The first-order valence-electron chi connectivity index (χ1n) is 5.18. The van der Waals surface area contributed by atoms with Crippen LogP contribution in [0.5, 0.6) is 0 Å². The second-order valence-corrected chi connectivity index (χ2v) is 3.63. The predicted molar refractivity (Wildman–Crippen MR) is 56.3 cm³/mol. The summed E-state index contributed by atoms with van der Waals surface area (Å²) in [7, 11) is 1.72. The maximum atomic E-state index is 5.48. The Labute approximate surface area is 82.0 Å². The molecule has 0 aliphatic rings. The molecule has 0 spiro atoms. The van der Waals surface area contributed by atoms with Crippen molar-refractivity contribution < 1.29 is 4.74 Å². The van der Waals surface area contributed by atoms with Crippen LogP contribution in [0.15, 0.2) is 0 Å². The van der Waals surface area contributed by atoms with Gasteiger partial charge >= 0.3 is 0 Å². The zero-order valence-corrected chi connectivity index (χ0v) is 9.34. The van der Waals surface area contributed by atoms with Gasteiger partial charge in [0.05, 0.1) is 6.10 Å². The van der Waals surface area contributed by atoms with E-state index in [1.807, 2.05) is 6.92 Å². The summed E-state index contributed by atoms with van der Waals surface area (Å²) < 4.78 is 5.25. The molecule has 0 saturated heterocycles. The number of nitrogens with two attached hydrogens (primary N) is 1.